The number of carbonyl (C=O) groups excluding carboxylic acids is 1. The highest BCUT2D eigenvalue weighted by atomic mass is 32.2. The maximum Gasteiger partial charge on any atom is 0.262 e. The summed E-state index contributed by atoms with van der Waals surface area (Å²) in [6.07, 6.45) is 6.77. The molecular weight excluding hydrogens is 306 g/mol. The number of nitrogens with one attached hydrogen (secondary N) is 1. The molecule has 1 aliphatic rings. The monoisotopic (exact) mass is 327 g/mol. The van der Waals surface area contributed by atoms with E-state index in [0.29, 0.717) is 0 Å². The molecule has 120 valence electrons. The molecule has 4 heteroatoms. The van der Waals surface area contributed by atoms with Crippen molar-refractivity contribution in [3.63, 3.8) is 0 Å². The molecule has 0 radical (unpaired) electrons. The van der Waals surface area contributed by atoms with E-state index < -0.39 is 0 Å². The van der Waals surface area contributed by atoms with Crippen LogP contribution < -0.4 is 10.1 Å². The van der Waals surface area contributed by atoms with Crippen LogP contribution in [0.2, 0.25) is 0 Å². The van der Waals surface area contributed by atoms with Crippen molar-refractivity contribution in [1.29, 1.82) is 0 Å². The molecule has 0 unspecified atom stereocenters. The molecule has 0 aliphatic heterocycles. The zero-order chi connectivity index (χ0) is 16.1. The van der Waals surface area contributed by atoms with Gasteiger partial charge < -0.3 is 10.1 Å². The van der Waals surface area contributed by atoms with E-state index in [4.69, 9.17) is 4.74 Å². The van der Waals surface area contributed by atoms with Gasteiger partial charge in [0, 0.05) is 4.90 Å². The van der Waals surface area contributed by atoms with Gasteiger partial charge in [-0.25, -0.2) is 0 Å². The minimum absolute atomic E-state index is 0.0293. The maximum atomic E-state index is 12.1. The van der Waals surface area contributed by atoms with Gasteiger partial charge in [-0.3, -0.25) is 4.79 Å². The van der Waals surface area contributed by atoms with Gasteiger partial charge in [-0.05, 0) is 67.3 Å². The molecule has 2 aromatic rings. The van der Waals surface area contributed by atoms with Crippen molar-refractivity contribution in [3.05, 3.63) is 53.6 Å². The summed E-state index contributed by atoms with van der Waals surface area (Å²) in [5.41, 5.74) is 3.61. The van der Waals surface area contributed by atoms with Gasteiger partial charge in [-0.1, -0.05) is 18.2 Å². The first kappa shape index (κ1) is 15.9. The molecule has 23 heavy (non-hydrogen) atoms. The minimum atomic E-state index is -0.135. The van der Waals surface area contributed by atoms with Crippen LogP contribution in [0.3, 0.4) is 0 Å². The predicted octanol–water partition coefficient (Wildman–Crippen LogP) is 4.30. The smallest absolute Gasteiger partial charge is 0.262 e. The van der Waals surface area contributed by atoms with Crippen LogP contribution in [0, 0.1) is 0 Å². The summed E-state index contributed by atoms with van der Waals surface area (Å²) in [4.78, 5) is 13.1. The molecule has 1 N–H and O–H groups in total. The fourth-order valence-corrected chi connectivity index (χ4v) is 3.44. The molecule has 2 aromatic carbocycles. The van der Waals surface area contributed by atoms with Crippen molar-refractivity contribution in [2.75, 3.05) is 18.2 Å². The Balaban J connectivity index is 1.58. The zero-order valence-electron chi connectivity index (χ0n) is 13.3. The lowest BCUT2D eigenvalue weighted by atomic mass is 9.92. The molecule has 0 spiro atoms. The number of thioether (sulfide) groups is 1. The molecule has 3 nitrogen and oxygen atoms in total. The molecule has 0 atom stereocenters. The van der Waals surface area contributed by atoms with Crippen LogP contribution in [0.25, 0.3) is 0 Å². The van der Waals surface area contributed by atoms with Crippen LogP contribution in [0.15, 0.2) is 47.4 Å². The minimum Gasteiger partial charge on any atom is -0.484 e. The van der Waals surface area contributed by atoms with Crippen molar-refractivity contribution in [3.8, 4) is 5.75 Å². The second-order valence-electron chi connectivity index (χ2n) is 5.67. The number of hydrogen-bond donors (Lipinski definition) is 1. The Hall–Kier alpha value is -1.94. The molecule has 0 bridgehead atoms. The standard InChI is InChI=1S/C19H21NO2S/c1-23-18-9-5-4-8-17(18)20-19(21)13-22-16-11-10-14-6-2-3-7-15(14)12-16/h4-5,8-12H,2-3,6-7,13H2,1H3,(H,20,21). The van der Waals surface area contributed by atoms with Gasteiger partial charge in [0.05, 0.1) is 5.69 Å². The van der Waals surface area contributed by atoms with Gasteiger partial charge in [0.1, 0.15) is 5.75 Å². The predicted molar refractivity (Wildman–Crippen MR) is 95.4 cm³/mol. The van der Waals surface area contributed by atoms with Crippen molar-refractivity contribution >= 4 is 23.4 Å². The van der Waals surface area contributed by atoms with E-state index in [1.165, 1.54) is 24.0 Å². The Labute approximate surface area is 141 Å². The Morgan fingerprint density at radius 1 is 1.13 bits per heavy atom. The Bertz CT molecular complexity index is 700. The molecule has 0 heterocycles. The number of benzene rings is 2. The average molecular weight is 327 g/mol. The van der Waals surface area contributed by atoms with Crippen LogP contribution in [-0.4, -0.2) is 18.8 Å². The quantitative estimate of drug-likeness (QED) is 0.832. The molecule has 3 rings (SSSR count). The summed E-state index contributed by atoms with van der Waals surface area (Å²) in [7, 11) is 0. The van der Waals surface area contributed by atoms with E-state index in [1.807, 2.05) is 36.6 Å². The van der Waals surface area contributed by atoms with Crippen LogP contribution in [-0.2, 0) is 17.6 Å². The number of hydrogen-bond acceptors (Lipinski definition) is 3. The first-order valence-electron chi connectivity index (χ1n) is 7.94. The Morgan fingerprint density at radius 2 is 1.91 bits per heavy atom. The third-order valence-corrected chi connectivity index (χ3v) is 4.87. The lowest BCUT2D eigenvalue weighted by Crippen LogP contribution is -2.20. The summed E-state index contributed by atoms with van der Waals surface area (Å²) < 4.78 is 5.66. The molecule has 0 fully saturated rings. The Kier molecular flexibility index (Phi) is 5.23. The highest BCUT2D eigenvalue weighted by Crippen LogP contribution is 2.26. The number of aryl methyl sites for hydroxylation is 2. The average Bonchev–Trinajstić information content (AvgIpc) is 2.60. The van der Waals surface area contributed by atoms with Gasteiger partial charge >= 0.3 is 0 Å². The lowest BCUT2D eigenvalue weighted by molar-refractivity contribution is -0.118. The molecule has 0 saturated heterocycles. The summed E-state index contributed by atoms with van der Waals surface area (Å²) in [6, 6.07) is 14.0. The first-order chi connectivity index (χ1) is 11.3. The van der Waals surface area contributed by atoms with Gasteiger partial charge in [0.25, 0.3) is 5.91 Å². The van der Waals surface area contributed by atoms with Crippen LogP contribution in [0.4, 0.5) is 5.69 Å². The zero-order valence-corrected chi connectivity index (χ0v) is 14.1. The molecule has 1 aliphatic carbocycles. The number of carbonyl (C=O) groups is 1. The topological polar surface area (TPSA) is 38.3 Å². The van der Waals surface area contributed by atoms with E-state index in [-0.39, 0.29) is 12.5 Å². The molecular formula is C19H21NO2S. The summed E-state index contributed by atoms with van der Waals surface area (Å²) in [5.74, 6) is 0.642. The van der Waals surface area contributed by atoms with Gasteiger partial charge in [0.15, 0.2) is 6.61 Å². The van der Waals surface area contributed by atoms with Crippen LogP contribution in [0.1, 0.15) is 24.0 Å². The van der Waals surface area contributed by atoms with Crippen LogP contribution >= 0.6 is 11.8 Å². The van der Waals surface area contributed by atoms with Gasteiger partial charge in [0.2, 0.25) is 0 Å². The third-order valence-electron chi connectivity index (χ3n) is 4.07. The molecule has 0 saturated carbocycles. The van der Waals surface area contributed by atoms with E-state index >= 15 is 0 Å². The normalized spacial score (nSPS) is 13.3. The second-order valence-corrected chi connectivity index (χ2v) is 6.52. The summed E-state index contributed by atoms with van der Waals surface area (Å²) in [6.45, 7) is 0.0293. The fourth-order valence-electron chi connectivity index (χ4n) is 2.88. The third kappa shape index (κ3) is 4.08. The summed E-state index contributed by atoms with van der Waals surface area (Å²) in [5, 5.41) is 2.91. The van der Waals surface area contributed by atoms with Gasteiger partial charge in [-0.15, -0.1) is 11.8 Å². The lowest BCUT2D eigenvalue weighted by Gasteiger charge is -2.17. The molecule has 1 amide bonds. The van der Waals surface area contributed by atoms with Crippen molar-refractivity contribution < 1.29 is 9.53 Å². The number of para-hydroxylation sites is 1. The number of fused-ring (bicyclic) bond motifs is 1. The highest BCUT2D eigenvalue weighted by molar-refractivity contribution is 7.98. The van der Waals surface area contributed by atoms with Crippen molar-refractivity contribution in [2.45, 2.75) is 30.6 Å². The SMILES string of the molecule is CSc1ccccc1NC(=O)COc1ccc2c(c1)CCCC2. The largest absolute Gasteiger partial charge is 0.484 e. The van der Waals surface area contributed by atoms with E-state index in [9.17, 15) is 4.79 Å². The number of amides is 1. The maximum absolute atomic E-state index is 12.1. The second kappa shape index (κ2) is 7.55. The van der Waals surface area contributed by atoms with E-state index in [0.717, 1.165) is 29.2 Å². The van der Waals surface area contributed by atoms with E-state index in [1.54, 1.807) is 11.8 Å². The fraction of sp³-hybridized carbons (Fsp3) is 0.316. The number of anilines is 1. The highest BCUT2D eigenvalue weighted by Gasteiger charge is 2.11. The number of ether oxygens (including phenoxy) is 1. The number of rotatable bonds is 5. The van der Waals surface area contributed by atoms with E-state index in [2.05, 4.69) is 17.4 Å². The van der Waals surface area contributed by atoms with Gasteiger partial charge in [-0.2, -0.15) is 0 Å². The molecule has 0 aromatic heterocycles. The van der Waals surface area contributed by atoms with Crippen LogP contribution in [0.5, 0.6) is 5.75 Å². The van der Waals surface area contributed by atoms with Crippen molar-refractivity contribution in [2.24, 2.45) is 0 Å². The first-order valence-corrected chi connectivity index (χ1v) is 9.16. The Morgan fingerprint density at radius 3 is 2.74 bits per heavy atom. The van der Waals surface area contributed by atoms with Crippen molar-refractivity contribution in [1.82, 2.24) is 0 Å². The summed E-state index contributed by atoms with van der Waals surface area (Å²) >= 11 is 1.61.